The van der Waals surface area contributed by atoms with Gasteiger partial charge in [0.15, 0.2) is 0 Å². The first kappa shape index (κ1) is 29.2. The molecule has 0 N–H and O–H groups in total. The Balaban J connectivity index is 3.10. The van der Waals surface area contributed by atoms with Gasteiger partial charge < -0.3 is 4.74 Å². The summed E-state index contributed by atoms with van der Waals surface area (Å²) in [4.78, 5) is 11.1. The Kier molecular flexibility index (Phi) is 24.6. The molecule has 0 spiro atoms. The second kappa shape index (κ2) is 24.4. The van der Waals surface area contributed by atoms with Crippen molar-refractivity contribution in [3.8, 4) is 0 Å². The van der Waals surface area contributed by atoms with Gasteiger partial charge in [0.1, 0.15) is 0 Å². The van der Waals surface area contributed by atoms with Crippen LogP contribution in [0.1, 0.15) is 122 Å². The van der Waals surface area contributed by atoms with Gasteiger partial charge >= 0.3 is 5.97 Å². The summed E-state index contributed by atoms with van der Waals surface area (Å²) < 4.78 is 6.54. The van der Waals surface area contributed by atoms with E-state index in [0.29, 0.717) is 0 Å². The van der Waals surface area contributed by atoms with Gasteiger partial charge in [-0.3, -0.25) is 0 Å². The van der Waals surface area contributed by atoms with Gasteiger partial charge in [-0.15, -0.1) is 0 Å². The number of hydrogen-bond donors (Lipinski definition) is 0. The lowest BCUT2D eigenvalue weighted by Gasteiger charge is -2.11. The molecule has 0 aromatic rings. The van der Waals surface area contributed by atoms with Crippen LogP contribution in [0.2, 0.25) is 6.04 Å². The molecule has 2 radical (unpaired) electrons. The van der Waals surface area contributed by atoms with E-state index in [1.165, 1.54) is 128 Å². The SMILES string of the molecule is C=CC(=O)OC(C)CCCCCCCCCCCCCCCCCCC[Si]CI. The highest BCUT2D eigenvalue weighted by molar-refractivity contribution is 14.1. The first-order chi connectivity index (χ1) is 14.2. The molecule has 0 fully saturated rings. The van der Waals surface area contributed by atoms with Crippen LogP contribution < -0.4 is 0 Å². The van der Waals surface area contributed by atoms with Crippen LogP contribution in [0.15, 0.2) is 12.7 Å². The summed E-state index contributed by atoms with van der Waals surface area (Å²) >= 11 is 2.50. The number of halogens is 1. The third-order valence-electron chi connectivity index (χ3n) is 5.54. The zero-order valence-corrected chi connectivity index (χ0v) is 22.4. The van der Waals surface area contributed by atoms with Crippen LogP contribution in [0.4, 0.5) is 0 Å². The van der Waals surface area contributed by atoms with E-state index in [1.807, 2.05) is 6.92 Å². The maximum Gasteiger partial charge on any atom is 0.330 e. The highest BCUT2D eigenvalue weighted by atomic mass is 127. The van der Waals surface area contributed by atoms with Gasteiger partial charge in [0.05, 0.1) is 15.6 Å². The van der Waals surface area contributed by atoms with E-state index in [2.05, 4.69) is 29.2 Å². The fourth-order valence-electron chi connectivity index (χ4n) is 3.71. The van der Waals surface area contributed by atoms with Gasteiger partial charge in [-0.1, -0.05) is 138 Å². The summed E-state index contributed by atoms with van der Waals surface area (Å²) in [5, 5.41) is 0. The largest absolute Gasteiger partial charge is 0.460 e. The lowest BCUT2D eigenvalue weighted by Crippen LogP contribution is -2.12. The van der Waals surface area contributed by atoms with Crippen molar-refractivity contribution in [3.05, 3.63) is 12.7 Å². The Bertz CT molecular complexity index is 363. The standard InChI is InChI=1S/C25H47IO2Si/c1-3-25(27)28-24(2)21-19-17-15-13-11-9-7-5-4-6-8-10-12-14-16-18-20-22-29-23-26/h3,24H,1,4-23H2,2H3. The minimum Gasteiger partial charge on any atom is -0.460 e. The fourth-order valence-corrected chi connectivity index (χ4v) is 5.48. The monoisotopic (exact) mass is 534 g/mol. The molecule has 0 aromatic heterocycles. The molecule has 1 atom stereocenters. The molecule has 0 heterocycles. The van der Waals surface area contributed by atoms with E-state index >= 15 is 0 Å². The predicted molar refractivity (Wildman–Crippen MR) is 138 cm³/mol. The molecular weight excluding hydrogens is 487 g/mol. The molecule has 170 valence electrons. The Hall–Kier alpha value is 0.157. The average Bonchev–Trinajstić information content (AvgIpc) is 2.72. The molecule has 0 aromatic carbocycles. The van der Waals surface area contributed by atoms with Crippen molar-refractivity contribution >= 4 is 38.1 Å². The van der Waals surface area contributed by atoms with E-state index in [1.54, 1.807) is 0 Å². The Labute approximate surface area is 198 Å². The van der Waals surface area contributed by atoms with Crippen molar-refractivity contribution in [2.24, 2.45) is 0 Å². The summed E-state index contributed by atoms with van der Waals surface area (Å²) in [5.41, 5.74) is 0. The smallest absolute Gasteiger partial charge is 0.330 e. The quantitative estimate of drug-likeness (QED) is 0.0328. The molecule has 0 bridgehead atoms. The van der Waals surface area contributed by atoms with E-state index in [9.17, 15) is 4.79 Å². The summed E-state index contributed by atoms with van der Waals surface area (Å²) in [6, 6.07) is 1.47. The van der Waals surface area contributed by atoms with E-state index < -0.39 is 0 Å². The fraction of sp³-hybridized carbons (Fsp3) is 0.880. The van der Waals surface area contributed by atoms with Crippen molar-refractivity contribution < 1.29 is 9.53 Å². The molecule has 4 heteroatoms. The van der Waals surface area contributed by atoms with Crippen LogP contribution in [-0.4, -0.2) is 25.6 Å². The van der Waals surface area contributed by atoms with Crippen LogP contribution in [0, 0.1) is 0 Å². The number of ether oxygens (including phenoxy) is 1. The summed E-state index contributed by atoms with van der Waals surface area (Å²) in [5.74, 6) is -0.300. The summed E-state index contributed by atoms with van der Waals surface area (Å²) in [6.45, 7) is 5.40. The van der Waals surface area contributed by atoms with Crippen molar-refractivity contribution in [3.63, 3.8) is 0 Å². The Morgan fingerprint density at radius 2 is 1.17 bits per heavy atom. The number of unbranched alkanes of at least 4 members (excludes halogenated alkanes) is 16. The van der Waals surface area contributed by atoms with Crippen molar-refractivity contribution in [1.29, 1.82) is 0 Å². The molecule has 1 unspecified atom stereocenters. The lowest BCUT2D eigenvalue weighted by molar-refractivity contribution is -0.142. The first-order valence-electron chi connectivity index (χ1n) is 12.3. The third kappa shape index (κ3) is 24.3. The summed E-state index contributed by atoms with van der Waals surface area (Å²) in [7, 11) is 1.19. The van der Waals surface area contributed by atoms with Crippen LogP contribution in [0.3, 0.4) is 0 Å². The molecule has 29 heavy (non-hydrogen) atoms. The highest BCUT2D eigenvalue weighted by Crippen LogP contribution is 2.15. The molecule has 0 amide bonds. The number of hydrogen-bond acceptors (Lipinski definition) is 2. The lowest BCUT2D eigenvalue weighted by atomic mass is 10.0. The minimum absolute atomic E-state index is 0.0241. The zero-order valence-electron chi connectivity index (χ0n) is 19.2. The second-order valence-electron chi connectivity index (χ2n) is 8.38. The van der Waals surface area contributed by atoms with Gasteiger partial charge in [0.2, 0.25) is 0 Å². The maximum absolute atomic E-state index is 11.1. The van der Waals surface area contributed by atoms with Crippen molar-refractivity contribution in [2.45, 2.75) is 135 Å². The average molecular weight is 535 g/mol. The van der Waals surface area contributed by atoms with Gasteiger partial charge in [-0.25, -0.2) is 4.79 Å². The van der Waals surface area contributed by atoms with Crippen LogP contribution in [-0.2, 0) is 9.53 Å². The number of rotatable bonds is 23. The number of alkyl halides is 1. The topological polar surface area (TPSA) is 26.3 Å². The zero-order chi connectivity index (χ0) is 21.4. The predicted octanol–water partition coefficient (Wildman–Crippen LogP) is 8.64. The van der Waals surface area contributed by atoms with Crippen LogP contribution in [0.5, 0.6) is 0 Å². The number of carbonyl (C=O) groups is 1. The second-order valence-corrected chi connectivity index (χ2v) is 11.9. The number of esters is 1. The molecule has 2 nitrogen and oxygen atoms in total. The molecule has 0 aliphatic carbocycles. The maximum atomic E-state index is 11.1. The normalized spacial score (nSPS) is 12.1. The molecule has 0 aliphatic heterocycles. The molecule has 0 rings (SSSR count). The number of carbonyl (C=O) groups excluding carboxylic acids is 1. The van der Waals surface area contributed by atoms with Gasteiger partial charge in [-0.05, 0) is 23.8 Å². The first-order valence-corrected chi connectivity index (χ1v) is 15.2. The van der Waals surface area contributed by atoms with E-state index in [-0.39, 0.29) is 12.1 Å². The van der Waals surface area contributed by atoms with E-state index in [0.717, 1.165) is 12.8 Å². The third-order valence-corrected chi connectivity index (χ3v) is 8.06. The molecule has 0 aliphatic rings. The van der Waals surface area contributed by atoms with Crippen molar-refractivity contribution in [1.82, 2.24) is 0 Å². The van der Waals surface area contributed by atoms with Crippen LogP contribution >= 0.6 is 22.6 Å². The molecule has 0 saturated heterocycles. The Morgan fingerprint density at radius 3 is 1.55 bits per heavy atom. The Morgan fingerprint density at radius 1 is 0.793 bits per heavy atom. The van der Waals surface area contributed by atoms with E-state index in [4.69, 9.17) is 4.74 Å². The highest BCUT2D eigenvalue weighted by Gasteiger charge is 2.05. The summed E-state index contributed by atoms with van der Waals surface area (Å²) in [6.07, 6.45) is 26.1. The van der Waals surface area contributed by atoms with Crippen molar-refractivity contribution in [2.75, 3.05) is 4.05 Å². The van der Waals surface area contributed by atoms with Crippen LogP contribution in [0.25, 0.3) is 0 Å². The van der Waals surface area contributed by atoms with Gasteiger partial charge in [0, 0.05) is 6.08 Å². The van der Waals surface area contributed by atoms with Gasteiger partial charge in [-0.2, -0.15) is 0 Å². The van der Waals surface area contributed by atoms with Gasteiger partial charge in [0.25, 0.3) is 0 Å². The molecule has 0 saturated carbocycles. The molecular formula is C25H47IO2Si. The minimum atomic E-state index is -0.300.